The van der Waals surface area contributed by atoms with Crippen molar-refractivity contribution in [3.63, 3.8) is 0 Å². The van der Waals surface area contributed by atoms with Crippen molar-refractivity contribution in [2.75, 3.05) is 5.88 Å². The summed E-state index contributed by atoms with van der Waals surface area (Å²) in [6.07, 6.45) is 3.07. The van der Waals surface area contributed by atoms with Gasteiger partial charge in [-0.2, -0.15) is 0 Å². The van der Waals surface area contributed by atoms with E-state index in [0.29, 0.717) is 12.3 Å². The van der Waals surface area contributed by atoms with Crippen molar-refractivity contribution in [1.29, 1.82) is 0 Å². The van der Waals surface area contributed by atoms with Gasteiger partial charge in [-0.05, 0) is 17.9 Å². The highest BCUT2D eigenvalue weighted by Crippen LogP contribution is 2.22. The predicted molar refractivity (Wildman–Crippen MR) is 70.2 cm³/mol. The van der Waals surface area contributed by atoms with Crippen LogP contribution in [0.15, 0.2) is 18.5 Å². The van der Waals surface area contributed by atoms with Crippen LogP contribution in [-0.2, 0) is 0 Å². The number of carbonyl (C=O) groups excluding carboxylic acids is 1. The molecule has 1 atom stereocenters. The fourth-order valence-corrected chi connectivity index (χ4v) is 1.84. The molecule has 5 heteroatoms. The van der Waals surface area contributed by atoms with Crippen molar-refractivity contribution in [2.24, 2.45) is 5.41 Å². The maximum atomic E-state index is 13.4. The number of aromatic nitrogens is 1. The van der Waals surface area contributed by atoms with E-state index in [9.17, 15) is 9.18 Å². The van der Waals surface area contributed by atoms with Crippen LogP contribution in [0.4, 0.5) is 4.39 Å². The summed E-state index contributed by atoms with van der Waals surface area (Å²) in [7, 11) is 0. The molecular weight excluding hydrogens is 255 g/mol. The number of hydrogen-bond acceptors (Lipinski definition) is 2. The summed E-state index contributed by atoms with van der Waals surface area (Å²) in [6.45, 7) is 6.02. The van der Waals surface area contributed by atoms with Gasteiger partial charge in [0.1, 0.15) is 0 Å². The standard InChI is InChI=1S/C13H18ClFN2O/c1-13(2,3)11(4-6-14)17-12(18)9-5-7-16-8-10(9)15/h5,7-8,11H,4,6H2,1-3H3,(H,17,18). The lowest BCUT2D eigenvalue weighted by molar-refractivity contribution is 0.0896. The molecule has 1 N–H and O–H groups in total. The van der Waals surface area contributed by atoms with Crippen LogP contribution >= 0.6 is 11.6 Å². The number of nitrogens with zero attached hydrogens (tertiary/aromatic N) is 1. The second kappa shape index (κ2) is 6.14. The van der Waals surface area contributed by atoms with Gasteiger partial charge in [0, 0.05) is 18.1 Å². The summed E-state index contributed by atoms with van der Waals surface area (Å²) >= 11 is 5.73. The molecule has 0 saturated carbocycles. The number of carbonyl (C=O) groups is 1. The number of halogens is 2. The number of nitrogens with one attached hydrogen (secondary N) is 1. The first kappa shape index (κ1) is 14.9. The molecule has 1 amide bonds. The smallest absolute Gasteiger partial charge is 0.254 e. The van der Waals surface area contributed by atoms with Crippen molar-refractivity contribution in [2.45, 2.75) is 33.2 Å². The molecule has 3 nitrogen and oxygen atoms in total. The van der Waals surface area contributed by atoms with Crippen molar-refractivity contribution in [3.8, 4) is 0 Å². The van der Waals surface area contributed by atoms with Gasteiger partial charge in [0.25, 0.3) is 5.91 Å². The van der Waals surface area contributed by atoms with Gasteiger partial charge in [0.2, 0.25) is 0 Å². The van der Waals surface area contributed by atoms with E-state index in [4.69, 9.17) is 11.6 Å². The third-order valence-corrected chi connectivity index (χ3v) is 2.98. The Labute approximate surface area is 112 Å². The van der Waals surface area contributed by atoms with Crippen LogP contribution in [0, 0.1) is 11.2 Å². The lowest BCUT2D eigenvalue weighted by atomic mass is 9.85. The molecule has 0 aliphatic heterocycles. The van der Waals surface area contributed by atoms with Crippen LogP contribution in [0.2, 0.25) is 0 Å². The van der Waals surface area contributed by atoms with Crippen LogP contribution in [-0.4, -0.2) is 22.8 Å². The summed E-state index contributed by atoms with van der Waals surface area (Å²) in [4.78, 5) is 15.6. The minimum Gasteiger partial charge on any atom is -0.349 e. The SMILES string of the molecule is CC(C)(C)C(CCCl)NC(=O)c1ccncc1F. The molecule has 0 fully saturated rings. The van der Waals surface area contributed by atoms with E-state index in [1.165, 1.54) is 12.3 Å². The normalized spacial score (nSPS) is 13.2. The van der Waals surface area contributed by atoms with Crippen molar-refractivity contribution < 1.29 is 9.18 Å². The van der Waals surface area contributed by atoms with E-state index in [2.05, 4.69) is 10.3 Å². The second-order valence-corrected chi connectivity index (χ2v) is 5.60. The Balaban J connectivity index is 2.82. The zero-order valence-corrected chi connectivity index (χ0v) is 11.6. The van der Waals surface area contributed by atoms with Crippen LogP contribution in [0.3, 0.4) is 0 Å². The van der Waals surface area contributed by atoms with Gasteiger partial charge in [0.05, 0.1) is 11.8 Å². The number of hydrogen-bond donors (Lipinski definition) is 1. The highest BCUT2D eigenvalue weighted by Gasteiger charge is 2.26. The van der Waals surface area contributed by atoms with Crippen LogP contribution in [0.25, 0.3) is 0 Å². The average molecular weight is 273 g/mol. The van der Waals surface area contributed by atoms with Gasteiger partial charge < -0.3 is 5.32 Å². The van der Waals surface area contributed by atoms with Crippen molar-refractivity contribution >= 4 is 17.5 Å². The van der Waals surface area contributed by atoms with E-state index < -0.39 is 11.7 Å². The lowest BCUT2D eigenvalue weighted by Crippen LogP contribution is -2.44. The minimum atomic E-state index is -0.617. The van der Waals surface area contributed by atoms with E-state index in [1.54, 1.807) is 0 Å². The van der Waals surface area contributed by atoms with Gasteiger partial charge in [0.15, 0.2) is 5.82 Å². The molecule has 0 aliphatic carbocycles. The monoisotopic (exact) mass is 272 g/mol. The van der Waals surface area contributed by atoms with Crippen LogP contribution in [0.1, 0.15) is 37.6 Å². The van der Waals surface area contributed by atoms with Gasteiger partial charge in [-0.3, -0.25) is 9.78 Å². The van der Waals surface area contributed by atoms with Crippen LogP contribution < -0.4 is 5.32 Å². The van der Waals surface area contributed by atoms with Gasteiger partial charge in [-0.1, -0.05) is 20.8 Å². The van der Waals surface area contributed by atoms with E-state index in [1.807, 2.05) is 20.8 Å². The van der Waals surface area contributed by atoms with E-state index in [-0.39, 0.29) is 17.0 Å². The summed E-state index contributed by atoms with van der Waals surface area (Å²) in [6, 6.07) is 1.26. The maximum absolute atomic E-state index is 13.4. The third kappa shape index (κ3) is 3.95. The Morgan fingerprint density at radius 3 is 2.72 bits per heavy atom. The molecule has 18 heavy (non-hydrogen) atoms. The second-order valence-electron chi connectivity index (χ2n) is 5.23. The Morgan fingerprint density at radius 1 is 1.56 bits per heavy atom. The number of amides is 1. The molecule has 100 valence electrons. The van der Waals surface area contributed by atoms with Crippen molar-refractivity contribution in [1.82, 2.24) is 10.3 Å². The molecule has 1 aromatic rings. The molecule has 0 spiro atoms. The fourth-order valence-electron chi connectivity index (χ4n) is 1.63. The maximum Gasteiger partial charge on any atom is 0.254 e. The predicted octanol–water partition coefficient (Wildman–Crippen LogP) is 2.99. The molecule has 0 radical (unpaired) electrons. The van der Waals surface area contributed by atoms with Gasteiger partial charge in [-0.25, -0.2) is 4.39 Å². The van der Waals surface area contributed by atoms with E-state index in [0.717, 1.165) is 6.20 Å². The first-order valence-corrected chi connectivity index (χ1v) is 6.36. The Kier molecular flexibility index (Phi) is 5.08. The number of alkyl halides is 1. The fraction of sp³-hybridized carbons (Fsp3) is 0.538. The largest absolute Gasteiger partial charge is 0.349 e. The Morgan fingerprint density at radius 2 is 2.22 bits per heavy atom. The van der Waals surface area contributed by atoms with Crippen molar-refractivity contribution in [3.05, 3.63) is 29.8 Å². The zero-order valence-electron chi connectivity index (χ0n) is 10.8. The van der Waals surface area contributed by atoms with Crippen LogP contribution in [0.5, 0.6) is 0 Å². The number of rotatable bonds is 4. The van der Waals surface area contributed by atoms with Gasteiger partial charge in [-0.15, -0.1) is 11.6 Å². The average Bonchev–Trinajstić information content (AvgIpc) is 2.27. The lowest BCUT2D eigenvalue weighted by Gasteiger charge is -2.31. The first-order valence-electron chi connectivity index (χ1n) is 5.82. The molecule has 1 rings (SSSR count). The quantitative estimate of drug-likeness (QED) is 0.856. The molecule has 1 heterocycles. The molecule has 0 aromatic carbocycles. The molecule has 1 aromatic heterocycles. The highest BCUT2D eigenvalue weighted by molar-refractivity contribution is 6.17. The topological polar surface area (TPSA) is 42.0 Å². The Hall–Kier alpha value is -1.16. The third-order valence-electron chi connectivity index (χ3n) is 2.77. The first-order chi connectivity index (χ1) is 8.36. The summed E-state index contributed by atoms with van der Waals surface area (Å²) in [5, 5.41) is 2.82. The Bertz CT molecular complexity index is 418. The molecule has 0 bridgehead atoms. The summed E-state index contributed by atoms with van der Waals surface area (Å²) < 4.78 is 13.4. The molecule has 0 saturated heterocycles. The molecule has 0 aliphatic rings. The molecule has 1 unspecified atom stereocenters. The highest BCUT2D eigenvalue weighted by atomic mass is 35.5. The summed E-state index contributed by atoms with van der Waals surface area (Å²) in [5.41, 5.74) is -0.123. The summed E-state index contributed by atoms with van der Waals surface area (Å²) in [5.74, 6) is -0.602. The molecular formula is C13H18ClFN2O. The minimum absolute atomic E-state index is 0.00817. The van der Waals surface area contributed by atoms with E-state index >= 15 is 0 Å². The van der Waals surface area contributed by atoms with Gasteiger partial charge >= 0.3 is 0 Å². The number of pyridine rings is 1. The zero-order chi connectivity index (χ0) is 13.8.